The molecule has 0 saturated carbocycles. The molecule has 0 radical (unpaired) electrons. The minimum atomic E-state index is -1.05. The van der Waals surface area contributed by atoms with Crippen molar-refractivity contribution in [3.8, 4) is 11.5 Å². The number of carbonyl (C=O) groups is 1. The number of phenols is 1. The molecule has 16 heavy (non-hydrogen) atoms. The van der Waals surface area contributed by atoms with Crippen LogP contribution in [-0.2, 0) is 42.1 Å². The van der Waals surface area contributed by atoms with Gasteiger partial charge in [-0.3, -0.25) is 0 Å². The Hall–Kier alpha value is -0.941. The van der Waals surface area contributed by atoms with Crippen molar-refractivity contribution in [2.45, 2.75) is 0 Å². The van der Waals surface area contributed by atoms with Crippen molar-refractivity contribution in [2.75, 3.05) is 7.11 Å². The molecule has 0 saturated heterocycles. The molecule has 2 N–H and O–H groups in total. The number of hydrogen-bond donors (Lipinski definition) is 2. The standard InChI is InChI=1S/C8H8O4.2O.2V/c1-12-7-4-5(8(10)11)2-3-6(7)9;;;;/h2-4,9H,1H3,(H,10,11);;;;. The number of carboxylic acid groups (broad SMARTS) is 1. The second kappa shape index (κ2) is 10.6. The average molecular weight is 302 g/mol. The van der Waals surface area contributed by atoms with Gasteiger partial charge in [0, 0.05) is 0 Å². The molecule has 0 fully saturated rings. The number of aromatic carboxylic acids is 1. The third kappa shape index (κ3) is 5.82. The van der Waals surface area contributed by atoms with Crippen LogP contribution in [0.15, 0.2) is 18.2 Å². The van der Waals surface area contributed by atoms with Gasteiger partial charge in [-0.15, -0.1) is 0 Å². The summed E-state index contributed by atoms with van der Waals surface area (Å²) in [5.74, 6) is -0.953. The summed E-state index contributed by atoms with van der Waals surface area (Å²) in [6.07, 6.45) is 0. The molecule has 0 aliphatic rings. The Kier molecular flexibility index (Phi) is 11.5. The molecule has 0 aliphatic carbocycles. The Morgan fingerprint density at radius 3 is 2.12 bits per heavy atom. The Bertz CT molecular complexity index is 341. The summed E-state index contributed by atoms with van der Waals surface area (Å²) in [5.41, 5.74) is 0.0876. The Balaban J connectivity index is 0. The number of aromatic hydroxyl groups is 1. The first-order chi connectivity index (χ1) is 7.65. The van der Waals surface area contributed by atoms with Crippen LogP contribution in [0.2, 0.25) is 0 Å². The number of hydrogen-bond acceptors (Lipinski definition) is 5. The van der Waals surface area contributed by atoms with Gasteiger partial charge < -0.3 is 14.9 Å². The van der Waals surface area contributed by atoms with Gasteiger partial charge in [0.05, 0.1) is 12.7 Å². The van der Waals surface area contributed by atoms with Crippen molar-refractivity contribution < 1.29 is 61.8 Å². The zero-order valence-corrected chi connectivity index (χ0v) is 10.9. The van der Waals surface area contributed by atoms with Crippen molar-refractivity contribution in [1.82, 2.24) is 0 Å². The monoisotopic (exact) mass is 302 g/mol. The van der Waals surface area contributed by atoms with Crippen LogP contribution in [0.25, 0.3) is 0 Å². The van der Waals surface area contributed by atoms with Crippen LogP contribution in [0.5, 0.6) is 11.5 Å². The Morgan fingerprint density at radius 1 is 1.25 bits per heavy atom. The first-order valence-corrected chi connectivity index (χ1v) is 4.76. The van der Waals surface area contributed by atoms with Gasteiger partial charge in [-0.2, -0.15) is 0 Å². The Labute approximate surface area is 110 Å². The first-order valence-electron chi connectivity index (χ1n) is 3.62. The normalized spacial score (nSPS) is 7.44. The van der Waals surface area contributed by atoms with Crippen LogP contribution >= 0.6 is 0 Å². The van der Waals surface area contributed by atoms with E-state index in [2.05, 4.69) is 0 Å². The van der Waals surface area contributed by atoms with Crippen molar-refractivity contribution in [1.29, 1.82) is 0 Å². The molecule has 1 aromatic carbocycles. The van der Waals surface area contributed by atoms with Crippen molar-refractivity contribution >= 4 is 5.97 Å². The van der Waals surface area contributed by atoms with E-state index >= 15 is 0 Å². The minimum absolute atomic E-state index is 0.0671. The topological polar surface area (TPSA) is 101 Å². The van der Waals surface area contributed by atoms with Gasteiger partial charge in [-0.05, 0) is 18.2 Å². The first kappa shape index (κ1) is 17.5. The molecule has 0 heterocycles. The molecule has 0 aliphatic heterocycles. The van der Waals surface area contributed by atoms with E-state index in [1.165, 1.54) is 25.3 Å². The molecule has 0 bridgehead atoms. The number of carboxylic acids is 1. The fourth-order valence-corrected chi connectivity index (χ4v) is 0.811. The predicted molar refractivity (Wildman–Crippen MR) is 43.0 cm³/mol. The summed E-state index contributed by atoms with van der Waals surface area (Å²) in [6, 6.07) is 3.85. The molecule has 0 atom stereocenters. The zero-order valence-electron chi connectivity index (χ0n) is 8.15. The van der Waals surface area contributed by atoms with E-state index < -0.39 is 5.97 Å². The van der Waals surface area contributed by atoms with Crippen LogP contribution in [0.3, 0.4) is 0 Å². The van der Waals surface area contributed by atoms with E-state index in [1.54, 1.807) is 0 Å². The maximum absolute atomic E-state index is 10.4. The van der Waals surface area contributed by atoms with Gasteiger partial charge in [0.2, 0.25) is 0 Å². The van der Waals surface area contributed by atoms with Crippen LogP contribution in [0.1, 0.15) is 10.4 Å². The molecule has 0 unspecified atom stereocenters. The van der Waals surface area contributed by atoms with Crippen LogP contribution in [-0.4, -0.2) is 23.3 Å². The van der Waals surface area contributed by atoms with E-state index in [-0.39, 0.29) is 17.1 Å². The third-order valence-corrected chi connectivity index (χ3v) is 1.43. The molecule has 1 rings (SSSR count). The van der Waals surface area contributed by atoms with Crippen molar-refractivity contribution in [3.63, 3.8) is 0 Å². The number of benzene rings is 1. The molecule has 86 valence electrons. The van der Waals surface area contributed by atoms with Gasteiger partial charge >= 0.3 is 48.1 Å². The van der Waals surface area contributed by atoms with E-state index in [0.29, 0.717) is 0 Å². The summed E-state index contributed by atoms with van der Waals surface area (Å²) in [7, 11) is 1.36. The summed E-state index contributed by atoms with van der Waals surface area (Å²) in [4.78, 5) is 10.4. The summed E-state index contributed by atoms with van der Waals surface area (Å²) >= 11 is 2.12. The zero-order chi connectivity index (χ0) is 13.1. The summed E-state index contributed by atoms with van der Waals surface area (Å²) in [5, 5.41) is 17.7. The molecular weight excluding hydrogens is 294 g/mol. The molecule has 6 nitrogen and oxygen atoms in total. The molecule has 1 aromatic rings. The van der Waals surface area contributed by atoms with Gasteiger partial charge in [0.1, 0.15) is 0 Å². The van der Waals surface area contributed by atoms with Crippen LogP contribution < -0.4 is 4.74 Å². The number of phenolic OH excluding ortho intramolecular Hbond substituents is 1. The van der Waals surface area contributed by atoms with E-state index in [9.17, 15) is 4.79 Å². The molecule has 0 aromatic heterocycles. The van der Waals surface area contributed by atoms with E-state index in [0.717, 1.165) is 34.7 Å². The molecular formula is C8H8O6V2. The summed E-state index contributed by atoms with van der Waals surface area (Å²) in [6.45, 7) is 0. The van der Waals surface area contributed by atoms with Crippen molar-refractivity contribution in [2.24, 2.45) is 0 Å². The fourth-order valence-electron chi connectivity index (χ4n) is 0.811. The van der Waals surface area contributed by atoms with Gasteiger partial charge in [0.15, 0.2) is 11.5 Å². The van der Waals surface area contributed by atoms with Gasteiger partial charge in [0.25, 0.3) is 0 Å². The second-order valence-electron chi connectivity index (χ2n) is 2.19. The summed E-state index contributed by atoms with van der Waals surface area (Å²) < 4.78 is 21.1. The Morgan fingerprint density at radius 2 is 1.75 bits per heavy atom. The second-order valence-corrected chi connectivity index (χ2v) is 2.19. The average Bonchev–Trinajstić information content (AvgIpc) is 2.34. The molecule has 8 heteroatoms. The molecule has 0 amide bonds. The number of methoxy groups -OCH3 is 1. The van der Waals surface area contributed by atoms with Gasteiger partial charge in [-0.1, -0.05) is 0 Å². The third-order valence-electron chi connectivity index (χ3n) is 1.43. The van der Waals surface area contributed by atoms with E-state index in [4.69, 9.17) is 22.3 Å². The molecule has 0 spiro atoms. The van der Waals surface area contributed by atoms with Crippen molar-refractivity contribution in [3.05, 3.63) is 23.8 Å². The maximum atomic E-state index is 10.4. The predicted octanol–water partition coefficient (Wildman–Crippen LogP) is 0.856. The SMILES string of the molecule is COc1cc(C(=O)O)ccc1O.[O]=[V].[O]=[V]. The number of rotatable bonds is 2. The fraction of sp³-hybridized carbons (Fsp3) is 0.125. The van der Waals surface area contributed by atoms with Crippen LogP contribution in [0, 0.1) is 0 Å². The van der Waals surface area contributed by atoms with Crippen LogP contribution in [0.4, 0.5) is 0 Å². The van der Waals surface area contributed by atoms with E-state index in [1.807, 2.05) is 0 Å². The quantitative estimate of drug-likeness (QED) is 0.840. The van der Waals surface area contributed by atoms with Gasteiger partial charge in [-0.25, -0.2) is 4.79 Å². The number of ether oxygens (including phenoxy) is 1.